The van der Waals surface area contributed by atoms with E-state index >= 15 is 0 Å². The van der Waals surface area contributed by atoms with Crippen molar-refractivity contribution in [2.45, 2.75) is 26.3 Å². The Bertz CT molecular complexity index is 607. The van der Waals surface area contributed by atoms with E-state index in [0.29, 0.717) is 18.9 Å². The summed E-state index contributed by atoms with van der Waals surface area (Å²) in [6.45, 7) is 6.07. The first-order chi connectivity index (χ1) is 11.0. The van der Waals surface area contributed by atoms with Crippen LogP contribution in [0.1, 0.15) is 30.4 Å². The van der Waals surface area contributed by atoms with Crippen LogP contribution in [-0.2, 0) is 6.54 Å². The third-order valence-electron chi connectivity index (χ3n) is 3.36. The number of hydrogen-bond acceptors (Lipinski definition) is 5. The van der Waals surface area contributed by atoms with Gasteiger partial charge in [0, 0.05) is 30.0 Å². The molecule has 0 atom stereocenters. The Hall–Kier alpha value is -1.86. The molecule has 0 spiro atoms. The molecule has 2 heterocycles. The molecule has 6 nitrogen and oxygen atoms in total. The SMILES string of the molecule is CC(C)c1cc(NC(=O)N(CCN(C)C)Cc2cccs2)no1. The molecule has 1 N–H and O–H groups in total. The summed E-state index contributed by atoms with van der Waals surface area (Å²) in [7, 11) is 3.99. The first-order valence-electron chi connectivity index (χ1n) is 7.65. The number of carbonyl (C=O) groups excluding carboxylic acids is 1. The molecule has 0 aromatic carbocycles. The number of urea groups is 1. The third kappa shape index (κ3) is 5.37. The zero-order valence-electron chi connectivity index (χ0n) is 14.1. The van der Waals surface area contributed by atoms with Gasteiger partial charge >= 0.3 is 6.03 Å². The maximum absolute atomic E-state index is 12.5. The van der Waals surface area contributed by atoms with Crippen LogP contribution in [-0.4, -0.2) is 48.2 Å². The molecule has 0 saturated heterocycles. The highest BCUT2D eigenvalue weighted by Gasteiger charge is 2.17. The first kappa shape index (κ1) is 17.5. The number of amides is 2. The molecular formula is C16H24N4O2S. The van der Waals surface area contributed by atoms with E-state index in [9.17, 15) is 4.79 Å². The van der Waals surface area contributed by atoms with Gasteiger partial charge in [-0.3, -0.25) is 5.32 Å². The van der Waals surface area contributed by atoms with E-state index in [1.54, 1.807) is 22.3 Å². The lowest BCUT2D eigenvalue weighted by Crippen LogP contribution is -2.38. The van der Waals surface area contributed by atoms with Gasteiger partial charge in [0.05, 0.1) is 6.54 Å². The van der Waals surface area contributed by atoms with Crippen LogP contribution in [0, 0.1) is 0 Å². The second-order valence-electron chi connectivity index (χ2n) is 6.00. The lowest BCUT2D eigenvalue weighted by atomic mass is 10.2. The van der Waals surface area contributed by atoms with Crippen LogP contribution in [0.5, 0.6) is 0 Å². The summed E-state index contributed by atoms with van der Waals surface area (Å²) in [5.41, 5.74) is 0. The highest BCUT2D eigenvalue weighted by molar-refractivity contribution is 7.09. The van der Waals surface area contributed by atoms with Crippen molar-refractivity contribution >= 4 is 23.2 Å². The van der Waals surface area contributed by atoms with Crippen molar-refractivity contribution in [3.05, 3.63) is 34.2 Å². The molecule has 2 aromatic heterocycles. The second-order valence-corrected chi connectivity index (χ2v) is 7.04. The van der Waals surface area contributed by atoms with Crippen molar-refractivity contribution in [3.8, 4) is 0 Å². The van der Waals surface area contributed by atoms with Gasteiger partial charge in [-0.25, -0.2) is 4.79 Å². The highest BCUT2D eigenvalue weighted by Crippen LogP contribution is 2.19. The van der Waals surface area contributed by atoms with E-state index in [2.05, 4.69) is 15.4 Å². The first-order valence-corrected chi connectivity index (χ1v) is 8.53. The zero-order valence-corrected chi connectivity index (χ0v) is 14.9. The van der Waals surface area contributed by atoms with Crippen molar-refractivity contribution in [1.82, 2.24) is 15.0 Å². The van der Waals surface area contributed by atoms with Crippen LogP contribution >= 0.6 is 11.3 Å². The molecule has 0 aliphatic heterocycles. The van der Waals surface area contributed by atoms with E-state index in [1.165, 1.54) is 0 Å². The van der Waals surface area contributed by atoms with Crippen molar-refractivity contribution in [3.63, 3.8) is 0 Å². The van der Waals surface area contributed by atoms with Crippen LogP contribution in [0.4, 0.5) is 10.6 Å². The summed E-state index contributed by atoms with van der Waals surface area (Å²) in [5.74, 6) is 1.46. The molecule has 0 aliphatic rings. The lowest BCUT2D eigenvalue weighted by molar-refractivity contribution is 0.202. The number of carbonyl (C=O) groups is 1. The predicted molar refractivity (Wildman–Crippen MR) is 92.9 cm³/mol. The summed E-state index contributed by atoms with van der Waals surface area (Å²) >= 11 is 1.65. The van der Waals surface area contributed by atoms with Gasteiger partial charge in [0.2, 0.25) is 0 Å². The summed E-state index contributed by atoms with van der Waals surface area (Å²) in [4.78, 5) is 17.5. The number of thiophene rings is 1. The van der Waals surface area contributed by atoms with E-state index < -0.39 is 0 Å². The molecule has 126 valence electrons. The van der Waals surface area contributed by atoms with Gasteiger partial charge in [-0.05, 0) is 25.5 Å². The monoisotopic (exact) mass is 336 g/mol. The highest BCUT2D eigenvalue weighted by atomic mass is 32.1. The Morgan fingerprint density at radius 2 is 2.17 bits per heavy atom. The van der Waals surface area contributed by atoms with Gasteiger partial charge in [-0.2, -0.15) is 0 Å². The Morgan fingerprint density at radius 1 is 1.39 bits per heavy atom. The normalized spacial score (nSPS) is 11.2. The van der Waals surface area contributed by atoms with Gasteiger partial charge in [-0.15, -0.1) is 11.3 Å². The van der Waals surface area contributed by atoms with E-state index in [-0.39, 0.29) is 11.9 Å². The minimum Gasteiger partial charge on any atom is -0.359 e. The molecule has 0 bridgehead atoms. The van der Waals surface area contributed by atoms with Gasteiger partial charge in [-0.1, -0.05) is 25.1 Å². The van der Waals surface area contributed by atoms with Crippen LogP contribution in [0.2, 0.25) is 0 Å². The van der Waals surface area contributed by atoms with Crippen LogP contribution < -0.4 is 5.32 Å². The molecule has 0 saturated carbocycles. The molecule has 23 heavy (non-hydrogen) atoms. The van der Waals surface area contributed by atoms with Crippen LogP contribution in [0.25, 0.3) is 0 Å². The minimum absolute atomic E-state index is 0.163. The molecule has 0 fully saturated rings. The molecule has 0 aliphatic carbocycles. The fourth-order valence-corrected chi connectivity index (χ4v) is 2.69. The topological polar surface area (TPSA) is 61.6 Å². The summed E-state index contributed by atoms with van der Waals surface area (Å²) < 4.78 is 5.22. The average molecular weight is 336 g/mol. The van der Waals surface area contributed by atoms with E-state index in [0.717, 1.165) is 17.2 Å². The van der Waals surface area contributed by atoms with Gasteiger partial charge in [0.15, 0.2) is 5.82 Å². The van der Waals surface area contributed by atoms with E-state index in [4.69, 9.17) is 4.52 Å². The summed E-state index contributed by atoms with van der Waals surface area (Å²) in [6.07, 6.45) is 0. The van der Waals surface area contributed by atoms with Gasteiger partial charge < -0.3 is 14.3 Å². The lowest BCUT2D eigenvalue weighted by Gasteiger charge is -2.23. The zero-order chi connectivity index (χ0) is 16.8. The number of nitrogens with zero attached hydrogens (tertiary/aromatic N) is 3. The number of nitrogens with one attached hydrogen (secondary N) is 1. The Balaban J connectivity index is 2.01. The molecule has 0 unspecified atom stereocenters. The Labute approximate surface area is 141 Å². The number of likely N-dealkylation sites (N-methyl/N-ethyl adjacent to an activating group) is 1. The predicted octanol–water partition coefficient (Wildman–Crippen LogP) is 3.46. The standard InChI is InChI=1S/C16H24N4O2S/c1-12(2)14-10-15(18-22-14)17-16(21)20(8-7-19(3)4)11-13-6-5-9-23-13/h5-6,9-10,12H,7-8,11H2,1-4H3,(H,17,18,21). The molecule has 0 radical (unpaired) electrons. The molecule has 2 rings (SSSR count). The maximum atomic E-state index is 12.5. The number of rotatable bonds is 7. The van der Waals surface area contributed by atoms with Crippen molar-refractivity contribution in [1.29, 1.82) is 0 Å². The summed E-state index contributed by atoms with van der Waals surface area (Å²) in [5, 5.41) is 8.75. The van der Waals surface area contributed by atoms with Gasteiger partial charge in [0.25, 0.3) is 0 Å². The number of aromatic nitrogens is 1. The van der Waals surface area contributed by atoms with Crippen LogP contribution in [0.3, 0.4) is 0 Å². The van der Waals surface area contributed by atoms with Crippen LogP contribution in [0.15, 0.2) is 28.1 Å². The maximum Gasteiger partial charge on any atom is 0.323 e. The average Bonchev–Trinajstić information content (AvgIpc) is 3.14. The van der Waals surface area contributed by atoms with Crippen molar-refractivity contribution < 1.29 is 9.32 Å². The quantitative estimate of drug-likeness (QED) is 0.841. The fourth-order valence-electron chi connectivity index (χ4n) is 1.97. The summed E-state index contributed by atoms with van der Waals surface area (Å²) in [6, 6.07) is 5.64. The van der Waals surface area contributed by atoms with Crippen molar-refractivity contribution in [2.24, 2.45) is 0 Å². The molecule has 7 heteroatoms. The molecule has 2 aromatic rings. The van der Waals surface area contributed by atoms with E-state index in [1.807, 2.05) is 45.5 Å². The molecular weight excluding hydrogens is 312 g/mol. The minimum atomic E-state index is -0.163. The number of hydrogen-bond donors (Lipinski definition) is 1. The Kier molecular flexibility index (Phi) is 6.18. The second kappa shape index (κ2) is 8.12. The largest absolute Gasteiger partial charge is 0.359 e. The fraction of sp³-hybridized carbons (Fsp3) is 0.500. The molecule has 2 amide bonds. The number of anilines is 1. The Morgan fingerprint density at radius 3 is 2.74 bits per heavy atom. The smallest absolute Gasteiger partial charge is 0.323 e. The van der Waals surface area contributed by atoms with Gasteiger partial charge in [0.1, 0.15) is 5.76 Å². The van der Waals surface area contributed by atoms with Crippen molar-refractivity contribution in [2.75, 3.05) is 32.5 Å². The third-order valence-corrected chi connectivity index (χ3v) is 4.22.